The molecule has 4 nitrogen and oxygen atoms in total. The highest BCUT2D eigenvalue weighted by Crippen LogP contribution is 2.14. The van der Waals surface area contributed by atoms with E-state index in [1.54, 1.807) is 18.0 Å². The molecule has 1 N–H and O–H groups in total. The highest BCUT2D eigenvalue weighted by atomic mass is 127. The number of carboxylic acids is 1. The first-order valence-electron chi connectivity index (χ1n) is 5.65. The van der Waals surface area contributed by atoms with E-state index in [4.69, 9.17) is 5.11 Å². The number of carboxylic acid groups (broad SMARTS) is 1. The summed E-state index contributed by atoms with van der Waals surface area (Å²) in [4.78, 5) is 24.0. The Balaban J connectivity index is 2.62. The van der Waals surface area contributed by atoms with Crippen LogP contribution in [0.5, 0.6) is 0 Å². The number of amides is 1. The molecule has 0 saturated heterocycles. The molecule has 0 bridgehead atoms. The molecule has 0 spiro atoms. The van der Waals surface area contributed by atoms with Crippen LogP contribution >= 0.6 is 22.6 Å². The van der Waals surface area contributed by atoms with Gasteiger partial charge in [-0.2, -0.15) is 0 Å². The maximum absolute atomic E-state index is 12.1. The van der Waals surface area contributed by atoms with E-state index in [9.17, 15) is 9.59 Å². The first kappa shape index (κ1) is 14.9. The number of benzene rings is 1. The highest BCUT2D eigenvalue weighted by Gasteiger charge is 2.12. The van der Waals surface area contributed by atoms with Crippen LogP contribution in [0.1, 0.15) is 28.8 Å². The lowest BCUT2D eigenvalue weighted by Gasteiger charge is -2.17. The fourth-order valence-corrected chi connectivity index (χ4v) is 2.03. The van der Waals surface area contributed by atoms with Crippen molar-refractivity contribution in [3.8, 4) is 0 Å². The number of nitrogens with zero attached hydrogens (tertiary/aromatic N) is 1. The van der Waals surface area contributed by atoms with E-state index in [0.717, 1.165) is 9.13 Å². The predicted molar refractivity (Wildman–Crippen MR) is 77.7 cm³/mol. The summed E-state index contributed by atoms with van der Waals surface area (Å²) in [6.45, 7) is 2.45. The van der Waals surface area contributed by atoms with Crippen molar-refractivity contribution in [3.05, 3.63) is 32.9 Å². The molecule has 18 heavy (non-hydrogen) atoms. The lowest BCUT2D eigenvalue weighted by atomic mass is 10.1. The van der Waals surface area contributed by atoms with Crippen molar-refractivity contribution < 1.29 is 14.7 Å². The summed E-state index contributed by atoms with van der Waals surface area (Å²) in [5.41, 5.74) is 1.78. The van der Waals surface area contributed by atoms with Gasteiger partial charge in [0.1, 0.15) is 0 Å². The van der Waals surface area contributed by atoms with Crippen molar-refractivity contribution in [1.82, 2.24) is 4.90 Å². The predicted octanol–water partition coefficient (Wildman–Crippen LogP) is 2.54. The topological polar surface area (TPSA) is 57.6 Å². The normalized spacial score (nSPS) is 10.2. The minimum atomic E-state index is -0.833. The summed E-state index contributed by atoms with van der Waals surface area (Å²) in [7, 11) is 1.69. The fourth-order valence-electron chi connectivity index (χ4n) is 1.52. The van der Waals surface area contributed by atoms with Crippen LogP contribution in [0.15, 0.2) is 18.2 Å². The van der Waals surface area contributed by atoms with Crippen molar-refractivity contribution in [2.45, 2.75) is 19.8 Å². The van der Waals surface area contributed by atoms with E-state index in [2.05, 4.69) is 22.6 Å². The Morgan fingerprint density at radius 2 is 2.06 bits per heavy atom. The zero-order valence-electron chi connectivity index (χ0n) is 10.4. The third-order valence-corrected chi connectivity index (χ3v) is 3.81. The Labute approximate surface area is 120 Å². The van der Waals surface area contributed by atoms with Gasteiger partial charge in [0.25, 0.3) is 5.91 Å². The highest BCUT2D eigenvalue weighted by molar-refractivity contribution is 14.1. The van der Waals surface area contributed by atoms with Gasteiger partial charge in [-0.05, 0) is 53.6 Å². The number of aryl methyl sites for hydroxylation is 1. The monoisotopic (exact) mass is 361 g/mol. The molecule has 1 rings (SSSR count). The smallest absolute Gasteiger partial charge is 0.303 e. The van der Waals surface area contributed by atoms with Crippen LogP contribution in [0.2, 0.25) is 0 Å². The third-order valence-electron chi connectivity index (χ3n) is 2.65. The van der Waals surface area contributed by atoms with Crippen molar-refractivity contribution in [1.29, 1.82) is 0 Å². The van der Waals surface area contributed by atoms with Gasteiger partial charge in [-0.1, -0.05) is 6.07 Å². The van der Waals surface area contributed by atoms with Gasteiger partial charge in [-0.25, -0.2) is 0 Å². The maximum atomic E-state index is 12.1. The average Bonchev–Trinajstić information content (AvgIpc) is 2.31. The van der Waals surface area contributed by atoms with E-state index in [1.807, 2.05) is 19.1 Å². The number of rotatable bonds is 5. The lowest BCUT2D eigenvalue weighted by molar-refractivity contribution is -0.137. The van der Waals surface area contributed by atoms with Gasteiger partial charge in [0.2, 0.25) is 0 Å². The third kappa shape index (κ3) is 4.29. The van der Waals surface area contributed by atoms with Crippen LogP contribution < -0.4 is 0 Å². The Morgan fingerprint density at radius 3 is 2.61 bits per heavy atom. The number of hydrogen-bond acceptors (Lipinski definition) is 2. The molecule has 0 saturated carbocycles. The number of hydrogen-bond donors (Lipinski definition) is 1. The molecule has 1 aromatic rings. The summed E-state index contributed by atoms with van der Waals surface area (Å²) < 4.78 is 1.05. The van der Waals surface area contributed by atoms with Crippen LogP contribution in [-0.4, -0.2) is 35.5 Å². The van der Waals surface area contributed by atoms with Crippen LogP contribution in [0.4, 0.5) is 0 Å². The van der Waals surface area contributed by atoms with Gasteiger partial charge in [0.05, 0.1) is 0 Å². The standard InChI is InChI=1S/C13H16INO3/c1-9-5-6-10(8-11(9)14)13(18)15(2)7-3-4-12(16)17/h5-6,8H,3-4,7H2,1-2H3,(H,16,17). The minimum absolute atomic E-state index is 0.0710. The molecule has 0 unspecified atom stereocenters. The summed E-state index contributed by atoms with van der Waals surface area (Å²) in [5.74, 6) is -0.904. The second kappa shape index (κ2) is 6.72. The maximum Gasteiger partial charge on any atom is 0.303 e. The van der Waals surface area contributed by atoms with Crippen LogP contribution in [-0.2, 0) is 4.79 Å². The van der Waals surface area contributed by atoms with Gasteiger partial charge in [0.15, 0.2) is 0 Å². The van der Waals surface area contributed by atoms with Gasteiger partial charge in [-0.15, -0.1) is 0 Å². The average molecular weight is 361 g/mol. The van der Waals surface area contributed by atoms with E-state index in [1.165, 1.54) is 0 Å². The molecular formula is C13H16INO3. The molecule has 0 radical (unpaired) electrons. The molecule has 0 aliphatic heterocycles. The first-order valence-corrected chi connectivity index (χ1v) is 6.73. The van der Waals surface area contributed by atoms with Crippen molar-refractivity contribution in [2.24, 2.45) is 0 Å². The van der Waals surface area contributed by atoms with Gasteiger partial charge < -0.3 is 10.0 Å². The number of carbonyl (C=O) groups excluding carboxylic acids is 1. The van der Waals surface area contributed by atoms with Gasteiger partial charge in [-0.3, -0.25) is 9.59 Å². The SMILES string of the molecule is Cc1ccc(C(=O)N(C)CCCC(=O)O)cc1I. The summed E-state index contributed by atoms with van der Waals surface area (Å²) >= 11 is 2.20. The summed E-state index contributed by atoms with van der Waals surface area (Å²) in [6.07, 6.45) is 0.559. The Hall–Kier alpha value is -1.11. The molecule has 1 aromatic carbocycles. The molecule has 0 aliphatic carbocycles. The first-order chi connectivity index (χ1) is 8.41. The molecule has 5 heteroatoms. The van der Waals surface area contributed by atoms with Crippen LogP contribution in [0, 0.1) is 10.5 Å². The van der Waals surface area contributed by atoms with Crippen molar-refractivity contribution >= 4 is 34.5 Å². The summed E-state index contributed by atoms with van der Waals surface area (Å²) in [6, 6.07) is 5.57. The minimum Gasteiger partial charge on any atom is -0.481 e. The molecule has 0 heterocycles. The second-order valence-electron chi connectivity index (χ2n) is 4.19. The zero-order valence-corrected chi connectivity index (χ0v) is 12.6. The number of carbonyl (C=O) groups is 2. The van der Waals surface area contributed by atoms with E-state index >= 15 is 0 Å². The lowest BCUT2D eigenvalue weighted by Crippen LogP contribution is -2.28. The molecular weight excluding hydrogens is 345 g/mol. The molecule has 0 fully saturated rings. The van der Waals surface area contributed by atoms with Crippen molar-refractivity contribution in [2.75, 3.05) is 13.6 Å². The zero-order chi connectivity index (χ0) is 13.7. The molecule has 0 aromatic heterocycles. The molecule has 0 aliphatic rings. The Bertz CT molecular complexity index is 460. The quantitative estimate of drug-likeness (QED) is 0.820. The second-order valence-corrected chi connectivity index (χ2v) is 5.35. The molecule has 1 amide bonds. The fraction of sp³-hybridized carbons (Fsp3) is 0.385. The van der Waals surface area contributed by atoms with Gasteiger partial charge >= 0.3 is 5.97 Å². The van der Waals surface area contributed by atoms with Crippen LogP contribution in [0.25, 0.3) is 0 Å². The van der Waals surface area contributed by atoms with Crippen molar-refractivity contribution in [3.63, 3.8) is 0 Å². The van der Waals surface area contributed by atoms with E-state index < -0.39 is 5.97 Å². The largest absolute Gasteiger partial charge is 0.481 e. The van der Waals surface area contributed by atoms with Crippen LogP contribution in [0.3, 0.4) is 0 Å². The number of halogens is 1. The van der Waals surface area contributed by atoms with E-state index in [-0.39, 0.29) is 12.3 Å². The Morgan fingerprint density at radius 1 is 1.39 bits per heavy atom. The summed E-state index contributed by atoms with van der Waals surface area (Å²) in [5, 5.41) is 8.54. The number of aliphatic carboxylic acids is 1. The molecule has 98 valence electrons. The Kier molecular flexibility index (Phi) is 5.58. The van der Waals surface area contributed by atoms with Gasteiger partial charge in [0, 0.05) is 29.1 Å². The molecule has 0 atom stereocenters. The van der Waals surface area contributed by atoms with E-state index in [0.29, 0.717) is 18.5 Å².